The van der Waals surface area contributed by atoms with E-state index in [-0.39, 0.29) is 11.6 Å². The fraction of sp³-hybridized carbons (Fsp3) is 0.500. The Bertz CT molecular complexity index is 393. The zero-order valence-corrected chi connectivity index (χ0v) is 10.6. The van der Waals surface area contributed by atoms with Crippen LogP contribution in [0.5, 0.6) is 0 Å². The molecule has 0 bridgehead atoms. The van der Waals surface area contributed by atoms with E-state index in [4.69, 9.17) is 0 Å². The quantitative estimate of drug-likeness (QED) is 0.724. The molecule has 1 aromatic carbocycles. The van der Waals surface area contributed by atoms with E-state index in [1.807, 2.05) is 0 Å². The molecule has 0 aliphatic rings. The number of carbonyl (C=O) groups is 1. The Morgan fingerprint density at radius 2 is 1.89 bits per heavy atom. The SMILES string of the molecule is CCCCCCCC(=O)Nc1ccc(F)cc1F. The first-order chi connectivity index (χ1) is 8.63. The molecule has 0 fully saturated rings. The van der Waals surface area contributed by atoms with Gasteiger partial charge in [0.1, 0.15) is 11.6 Å². The van der Waals surface area contributed by atoms with Crippen LogP contribution in [-0.2, 0) is 4.79 Å². The van der Waals surface area contributed by atoms with Crippen LogP contribution in [0.3, 0.4) is 0 Å². The van der Waals surface area contributed by atoms with Crippen molar-refractivity contribution in [3.05, 3.63) is 29.8 Å². The van der Waals surface area contributed by atoms with Crippen molar-refractivity contribution in [1.82, 2.24) is 0 Å². The average Bonchev–Trinajstić information content (AvgIpc) is 2.32. The van der Waals surface area contributed by atoms with Gasteiger partial charge in [-0.05, 0) is 18.6 Å². The first kappa shape index (κ1) is 14.6. The molecule has 0 spiro atoms. The summed E-state index contributed by atoms with van der Waals surface area (Å²) in [6, 6.07) is 3.12. The summed E-state index contributed by atoms with van der Waals surface area (Å²) in [5.41, 5.74) is 0.0370. The Balaban J connectivity index is 2.31. The Hall–Kier alpha value is -1.45. The first-order valence-electron chi connectivity index (χ1n) is 6.38. The van der Waals surface area contributed by atoms with Gasteiger partial charge in [0, 0.05) is 12.5 Å². The molecule has 1 aromatic rings. The van der Waals surface area contributed by atoms with E-state index < -0.39 is 11.6 Å². The largest absolute Gasteiger partial charge is 0.324 e. The number of nitrogens with one attached hydrogen (secondary N) is 1. The van der Waals surface area contributed by atoms with Crippen molar-refractivity contribution in [2.24, 2.45) is 0 Å². The van der Waals surface area contributed by atoms with Gasteiger partial charge in [0.2, 0.25) is 5.91 Å². The van der Waals surface area contributed by atoms with Crippen LogP contribution < -0.4 is 5.32 Å². The fourth-order valence-electron chi connectivity index (χ4n) is 1.69. The molecule has 0 unspecified atom stereocenters. The van der Waals surface area contributed by atoms with Crippen LogP contribution in [-0.4, -0.2) is 5.91 Å². The van der Waals surface area contributed by atoms with E-state index in [0.717, 1.165) is 37.8 Å². The average molecular weight is 255 g/mol. The summed E-state index contributed by atoms with van der Waals surface area (Å²) in [7, 11) is 0. The van der Waals surface area contributed by atoms with Gasteiger partial charge in [-0.3, -0.25) is 4.79 Å². The standard InChI is InChI=1S/C14H19F2NO/c1-2-3-4-5-6-7-14(18)17-13-9-8-11(15)10-12(13)16/h8-10H,2-7H2,1H3,(H,17,18). The van der Waals surface area contributed by atoms with Gasteiger partial charge in [0.05, 0.1) is 5.69 Å². The predicted molar refractivity (Wildman–Crippen MR) is 68.4 cm³/mol. The van der Waals surface area contributed by atoms with Crippen LogP contribution in [0, 0.1) is 11.6 Å². The molecule has 0 aliphatic carbocycles. The molecule has 4 heteroatoms. The summed E-state index contributed by atoms with van der Waals surface area (Å²) in [4.78, 5) is 11.5. The number of carbonyl (C=O) groups excluding carboxylic acids is 1. The van der Waals surface area contributed by atoms with E-state index in [0.29, 0.717) is 6.42 Å². The normalized spacial score (nSPS) is 10.4. The number of unbranched alkanes of at least 4 members (excludes halogenated alkanes) is 4. The summed E-state index contributed by atoms with van der Waals surface area (Å²) in [5.74, 6) is -1.61. The molecule has 0 atom stereocenters. The maximum Gasteiger partial charge on any atom is 0.224 e. The number of hydrogen-bond acceptors (Lipinski definition) is 1. The van der Waals surface area contributed by atoms with Crippen molar-refractivity contribution in [2.75, 3.05) is 5.32 Å². The second kappa shape index (κ2) is 7.80. The number of anilines is 1. The third-order valence-electron chi connectivity index (χ3n) is 2.71. The van der Waals surface area contributed by atoms with Crippen LogP contribution in [0.15, 0.2) is 18.2 Å². The Morgan fingerprint density at radius 1 is 1.17 bits per heavy atom. The molecule has 0 aromatic heterocycles. The van der Waals surface area contributed by atoms with Gasteiger partial charge < -0.3 is 5.32 Å². The lowest BCUT2D eigenvalue weighted by molar-refractivity contribution is -0.116. The minimum Gasteiger partial charge on any atom is -0.324 e. The molecular weight excluding hydrogens is 236 g/mol. The Labute approximate surface area is 106 Å². The van der Waals surface area contributed by atoms with Gasteiger partial charge >= 0.3 is 0 Å². The van der Waals surface area contributed by atoms with Crippen LogP contribution >= 0.6 is 0 Å². The molecule has 1 amide bonds. The number of rotatable bonds is 7. The highest BCUT2D eigenvalue weighted by Crippen LogP contribution is 2.15. The second-order valence-corrected chi connectivity index (χ2v) is 4.34. The van der Waals surface area contributed by atoms with Gasteiger partial charge in [-0.15, -0.1) is 0 Å². The molecule has 1 rings (SSSR count). The maximum atomic E-state index is 13.2. The molecule has 1 N–H and O–H groups in total. The summed E-state index contributed by atoms with van der Waals surface area (Å²) in [5, 5.41) is 2.45. The third-order valence-corrected chi connectivity index (χ3v) is 2.71. The van der Waals surface area contributed by atoms with Crippen LogP contribution in [0.2, 0.25) is 0 Å². The van der Waals surface area contributed by atoms with Gasteiger partial charge in [0.25, 0.3) is 0 Å². The lowest BCUT2D eigenvalue weighted by Crippen LogP contribution is -2.12. The molecule has 18 heavy (non-hydrogen) atoms. The highest BCUT2D eigenvalue weighted by molar-refractivity contribution is 5.90. The lowest BCUT2D eigenvalue weighted by atomic mass is 10.1. The molecular formula is C14H19F2NO. The molecule has 0 aliphatic heterocycles. The molecule has 0 radical (unpaired) electrons. The highest BCUT2D eigenvalue weighted by Gasteiger charge is 2.07. The number of benzene rings is 1. The zero-order valence-electron chi connectivity index (χ0n) is 10.6. The minimum atomic E-state index is -0.741. The minimum absolute atomic E-state index is 0.0370. The predicted octanol–water partition coefficient (Wildman–Crippen LogP) is 4.26. The van der Waals surface area contributed by atoms with Crippen molar-refractivity contribution in [2.45, 2.75) is 45.4 Å². The summed E-state index contributed by atoms with van der Waals surface area (Å²) < 4.78 is 25.9. The highest BCUT2D eigenvalue weighted by atomic mass is 19.1. The Morgan fingerprint density at radius 3 is 2.56 bits per heavy atom. The summed E-state index contributed by atoms with van der Waals surface area (Å²) in [6.45, 7) is 2.13. The monoisotopic (exact) mass is 255 g/mol. The fourth-order valence-corrected chi connectivity index (χ4v) is 1.69. The van der Waals surface area contributed by atoms with Gasteiger partial charge in [-0.25, -0.2) is 8.78 Å². The van der Waals surface area contributed by atoms with Gasteiger partial charge in [0.15, 0.2) is 0 Å². The second-order valence-electron chi connectivity index (χ2n) is 4.34. The van der Waals surface area contributed by atoms with E-state index in [2.05, 4.69) is 12.2 Å². The van der Waals surface area contributed by atoms with Crippen molar-refractivity contribution in [3.8, 4) is 0 Å². The van der Waals surface area contributed by atoms with E-state index in [1.165, 1.54) is 12.5 Å². The first-order valence-corrected chi connectivity index (χ1v) is 6.38. The van der Waals surface area contributed by atoms with E-state index in [9.17, 15) is 13.6 Å². The molecule has 100 valence electrons. The topological polar surface area (TPSA) is 29.1 Å². The third kappa shape index (κ3) is 5.25. The van der Waals surface area contributed by atoms with Crippen molar-refractivity contribution in [3.63, 3.8) is 0 Å². The molecule has 0 heterocycles. The van der Waals surface area contributed by atoms with Gasteiger partial charge in [-0.1, -0.05) is 32.6 Å². The van der Waals surface area contributed by atoms with Crippen LogP contribution in [0.25, 0.3) is 0 Å². The van der Waals surface area contributed by atoms with Crippen LogP contribution in [0.1, 0.15) is 45.4 Å². The number of amides is 1. The van der Waals surface area contributed by atoms with E-state index >= 15 is 0 Å². The summed E-state index contributed by atoms with van der Waals surface area (Å²) in [6.07, 6.45) is 5.64. The van der Waals surface area contributed by atoms with Crippen molar-refractivity contribution in [1.29, 1.82) is 0 Å². The van der Waals surface area contributed by atoms with E-state index in [1.54, 1.807) is 0 Å². The molecule has 2 nitrogen and oxygen atoms in total. The van der Waals surface area contributed by atoms with Gasteiger partial charge in [-0.2, -0.15) is 0 Å². The Kier molecular flexibility index (Phi) is 6.33. The zero-order chi connectivity index (χ0) is 13.4. The maximum absolute atomic E-state index is 13.2. The lowest BCUT2D eigenvalue weighted by Gasteiger charge is -2.06. The molecule has 0 saturated heterocycles. The number of halogens is 2. The van der Waals surface area contributed by atoms with Crippen LogP contribution in [0.4, 0.5) is 14.5 Å². The molecule has 0 saturated carbocycles. The number of hydrogen-bond donors (Lipinski definition) is 1. The summed E-state index contributed by atoms with van der Waals surface area (Å²) >= 11 is 0. The van der Waals surface area contributed by atoms with Crippen molar-refractivity contribution < 1.29 is 13.6 Å². The smallest absolute Gasteiger partial charge is 0.224 e. The van der Waals surface area contributed by atoms with Crippen molar-refractivity contribution >= 4 is 11.6 Å².